The zero-order valence-corrected chi connectivity index (χ0v) is 16.8. The monoisotopic (exact) mass is 404 g/mol. The number of amides is 1. The Morgan fingerprint density at radius 3 is 2.43 bits per heavy atom. The number of pyridine rings is 1. The van der Waals surface area contributed by atoms with Crippen LogP contribution in [0.5, 0.6) is 5.75 Å². The summed E-state index contributed by atoms with van der Waals surface area (Å²) >= 11 is 0. The zero-order valence-electron chi connectivity index (χ0n) is 16.0. The zero-order chi connectivity index (χ0) is 20.3. The van der Waals surface area contributed by atoms with E-state index in [1.165, 1.54) is 23.3 Å². The minimum absolute atomic E-state index is 0.257. The molecular formula is C20H24N2O5S. The lowest BCUT2D eigenvalue weighted by molar-refractivity contribution is 0.132. The van der Waals surface area contributed by atoms with Crippen LogP contribution in [0.4, 0.5) is 4.79 Å². The number of nitrogens with zero attached hydrogens (tertiary/aromatic N) is 2. The second-order valence-electron chi connectivity index (χ2n) is 7.11. The molecule has 0 radical (unpaired) electrons. The van der Waals surface area contributed by atoms with Crippen molar-refractivity contribution in [1.82, 2.24) is 9.88 Å². The number of sulfone groups is 1. The molecule has 150 valence electrons. The van der Waals surface area contributed by atoms with Gasteiger partial charge in [0.25, 0.3) is 0 Å². The van der Waals surface area contributed by atoms with Crippen molar-refractivity contribution in [2.24, 2.45) is 0 Å². The van der Waals surface area contributed by atoms with Gasteiger partial charge in [-0.15, -0.1) is 0 Å². The molecule has 0 unspecified atom stereocenters. The van der Waals surface area contributed by atoms with E-state index in [1.807, 2.05) is 13.1 Å². The molecule has 0 bridgehead atoms. The third-order valence-electron chi connectivity index (χ3n) is 5.07. The molecule has 1 aliphatic heterocycles. The van der Waals surface area contributed by atoms with Gasteiger partial charge in [-0.2, -0.15) is 0 Å². The van der Waals surface area contributed by atoms with Crippen molar-refractivity contribution in [1.29, 1.82) is 0 Å². The highest BCUT2D eigenvalue weighted by molar-refractivity contribution is 7.90. The number of carboxylic acid groups (broad SMARTS) is 1. The molecule has 1 amide bonds. The van der Waals surface area contributed by atoms with Gasteiger partial charge in [-0.1, -0.05) is 6.07 Å². The Balaban J connectivity index is 1.61. The first-order valence-electron chi connectivity index (χ1n) is 9.10. The SMILES string of the molecule is Cc1cc(C2CCN(C(=O)O)CC2)cnc1COc1ccc(S(C)(=O)=O)cc1. The van der Waals surface area contributed by atoms with Gasteiger partial charge in [0.05, 0.1) is 10.6 Å². The molecule has 8 heteroatoms. The predicted molar refractivity (Wildman–Crippen MR) is 104 cm³/mol. The normalized spacial score (nSPS) is 15.4. The van der Waals surface area contributed by atoms with Gasteiger partial charge in [-0.05, 0) is 61.1 Å². The molecule has 0 saturated carbocycles. The van der Waals surface area contributed by atoms with Gasteiger partial charge in [0.1, 0.15) is 12.4 Å². The van der Waals surface area contributed by atoms with Crippen LogP contribution in [0.25, 0.3) is 0 Å². The highest BCUT2D eigenvalue weighted by Crippen LogP contribution is 2.29. The molecule has 0 aliphatic carbocycles. The molecule has 1 fully saturated rings. The van der Waals surface area contributed by atoms with E-state index in [0.29, 0.717) is 31.4 Å². The van der Waals surface area contributed by atoms with Crippen molar-refractivity contribution in [2.45, 2.75) is 37.2 Å². The second-order valence-corrected chi connectivity index (χ2v) is 9.12. The van der Waals surface area contributed by atoms with E-state index in [1.54, 1.807) is 12.1 Å². The third kappa shape index (κ3) is 4.81. The quantitative estimate of drug-likeness (QED) is 0.822. The molecule has 1 saturated heterocycles. The van der Waals surface area contributed by atoms with Gasteiger partial charge < -0.3 is 14.7 Å². The second kappa shape index (κ2) is 8.18. The smallest absolute Gasteiger partial charge is 0.407 e. The largest absolute Gasteiger partial charge is 0.487 e. The standard InChI is InChI=1S/C20H24N2O5S/c1-14-11-16(15-7-9-22(10-8-15)20(23)24)12-21-19(14)13-27-17-3-5-18(6-4-17)28(2,25)26/h3-6,11-12,15H,7-10,13H2,1-2H3,(H,23,24). The minimum atomic E-state index is -3.22. The highest BCUT2D eigenvalue weighted by Gasteiger charge is 2.23. The fraction of sp³-hybridized carbons (Fsp3) is 0.400. The van der Waals surface area contributed by atoms with Crippen molar-refractivity contribution >= 4 is 15.9 Å². The maximum Gasteiger partial charge on any atom is 0.407 e. The summed E-state index contributed by atoms with van der Waals surface area (Å²) in [5.74, 6) is 0.902. The molecule has 7 nitrogen and oxygen atoms in total. The maximum absolute atomic E-state index is 11.5. The summed E-state index contributed by atoms with van der Waals surface area (Å²) in [5.41, 5.74) is 2.97. The number of hydrogen-bond donors (Lipinski definition) is 1. The van der Waals surface area contributed by atoms with E-state index in [4.69, 9.17) is 9.84 Å². The van der Waals surface area contributed by atoms with Gasteiger partial charge >= 0.3 is 6.09 Å². The summed E-state index contributed by atoms with van der Waals surface area (Å²) in [4.78, 5) is 17.3. The molecular weight excluding hydrogens is 380 g/mol. The number of rotatable bonds is 5. The number of aryl methyl sites for hydroxylation is 1. The fourth-order valence-corrected chi connectivity index (χ4v) is 3.97. The Labute approximate surface area is 164 Å². The molecule has 0 atom stereocenters. The van der Waals surface area contributed by atoms with E-state index >= 15 is 0 Å². The Morgan fingerprint density at radius 2 is 1.89 bits per heavy atom. The van der Waals surface area contributed by atoms with Gasteiger partial charge in [0, 0.05) is 25.5 Å². The van der Waals surface area contributed by atoms with Crippen molar-refractivity contribution in [3.05, 3.63) is 53.3 Å². The summed E-state index contributed by atoms with van der Waals surface area (Å²) in [6, 6.07) is 8.42. The number of carbonyl (C=O) groups is 1. The maximum atomic E-state index is 11.5. The van der Waals surface area contributed by atoms with Crippen molar-refractivity contribution < 1.29 is 23.1 Å². The van der Waals surface area contributed by atoms with Crippen LogP contribution in [0, 0.1) is 6.92 Å². The van der Waals surface area contributed by atoms with Gasteiger partial charge in [0.2, 0.25) is 0 Å². The lowest BCUT2D eigenvalue weighted by atomic mass is 9.90. The average molecular weight is 404 g/mol. The van der Waals surface area contributed by atoms with Crippen LogP contribution in [-0.2, 0) is 16.4 Å². The molecule has 0 spiro atoms. The molecule has 1 N–H and O–H groups in total. The number of aromatic nitrogens is 1. The summed E-state index contributed by atoms with van der Waals surface area (Å²) in [5, 5.41) is 9.05. The molecule has 28 heavy (non-hydrogen) atoms. The van der Waals surface area contributed by atoms with Crippen LogP contribution in [-0.4, -0.2) is 48.8 Å². The van der Waals surface area contributed by atoms with Crippen LogP contribution in [0.15, 0.2) is 41.4 Å². The highest BCUT2D eigenvalue weighted by atomic mass is 32.2. The Morgan fingerprint density at radius 1 is 1.25 bits per heavy atom. The van der Waals surface area contributed by atoms with Crippen molar-refractivity contribution in [2.75, 3.05) is 19.3 Å². The van der Waals surface area contributed by atoms with Crippen molar-refractivity contribution in [3.63, 3.8) is 0 Å². The molecule has 1 aromatic carbocycles. The van der Waals surface area contributed by atoms with Gasteiger partial charge in [-0.25, -0.2) is 13.2 Å². The topological polar surface area (TPSA) is 96.8 Å². The number of benzene rings is 1. The summed E-state index contributed by atoms with van der Waals surface area (Å²) in [6.45, 7) is 3.37. The summed E-state index contributed by atoms with van der Waals surface area (Å²) in [6.07, 6.45) is 3.76. The Hall–Kier alpha value is -2.61. The minimum Gasteiger partial charge on any atom is -0.487 e. The van der Waals surface area contributed by atoms with E-state index in [2.05, 4.69) is 11.1 Å². The number of likely N-dealkylation sites (tertiary alicyclic amines) is 1. The molecule has 3 rings (SSSR count). The summed E-state index contributed by atoms with van der Waals surface area (Å²) < 4.78 is 28.7. The van der Waals surface area contributed by atoms with E-state index in [0.717, 1.165) is 29.7 Å². The summed E-state index contributed by atoms with van der Waals surface area (Å²) in [7, 11) is -3.22. The van der Waals surface area contributed by atoms with Crippen LogP contribution in [0.3, 0.4) is 0 Å². The fourth-order valence-electron chi connectivity index (χ4n) is 3.34. The molecule has 1 aromatic heterocycles. The average Bonchev–Trinajstić information content (AvgIpc) is 2.66. The molecule has 1 aliphatic rings. The van der Waals surface area contributed by atoms with E-state index < -0.39 is 15.9 Å². The first-order valence-corrected chi connectivity index (χ1v) is 11.0. The molecule has 2 heterocycles. The number of hydrogen-bond acceptors (Lipinski definition) is 5. The lowest BCUT2D eigenvalue weighted by Crippen LogP contribution is -2.36. The first-order chi connectivity index (χ1) is 13.2. The Bertz CT molecular complexity index is 949. The molecule has 2 aromatic rings. The first kappa shape index (κ1) is 20.1. The van der Waals surface area contributed by atoms with Crippen LogP contribution in [0.2, 0.25) is 0 Å². The lowest BCUT2D eigenvalue weighted by Gasteiger charge is -2.30. The predicted octanol–water partition coefficient (Wildman–Crippen LogP) is 3.23. The van der Waals surface area contributed by atoms with E-state index in [9.17, 15) is 13.2 Å². The number of piperidine rings is 1. The van der Waals surface area contributed by atoms with Gasteiger partial charge in [-0.3, -0.25) is 4.98 Å². The van der Waals surface area contributed by atoms with Crippen LogP contribution < -0.4 is 4.74 Å². The third-order valence-corrected chi connectivity index (χ3v) is 6.20. The van der Waals surface area contributed by atoms with E-state index in [-0.39, 0.29) is 4.90 Å². The van der Waals surface area contributed by atoms with Gasteiger partial charge in [0.15, 0.2) is 9.84 Å². The number of ether oxygens (including phenoxy) is 1. The van der Waals surface area contributed by atoms with Crippen molar-refractivity contribution in [3.8, 4) is 5.75 Å². The van der Waals surface area contributed by atoms with Crippen LogP contribution >= 0.6 is 0 Å². The van der Waals surface area contributed by atoms with Crippen LogP contribution in [0.1, 0.15) is 35.6 Å². The Kier molecular flexibility index (Phi) is 5.88.